The van der Waals surface area contributed by atoms with E-state index in [0.29, 0.717) is 6.04 Å². The molecule has 1 aromatic heterocycles. The SMILES string of the molecule is CCNC(Cc1ccc(CC)cc1)c1cccnc1. The van der Waals surface area contributed by atoms with Crippen molar-refractivity contribution in [1.29, 1.82) is 0 Å². The first-order valence-corrected chi connectivity index (χ1v) is 7.04. The van der Waals surface area contributed by atoms with Gasteiger partial charge in [-0.3, -0.25) is 4.98 Å². The third-order valence-corrected chi connectivity index (χ3v) is 3.41. The Balaban J connectivity index is 2.11. The highest BCUT2D eigenvalue weighted by Gasteiger charge is 2.10. The first kappa shape index (κ1) is 13.8. The second kappa shape index (κ2) is 7.05. The average Bonchev–Trinajstić information content (AvgIpc) is 2.48. The van der Waals surface area contributed by atoms with Crippen LogP contribution in [-0.4, -0.2) is 11.5 Å². The molecule has 0 spiro atoms. The van der Waals surface area contributed by atoms with Crippen molar-refractivity contribution in [3.8, 4) is 0 Å². The van der Waals surface area contributed by atoms with Gasteiger partial charge in [-0.1, -0.05) is 44.2 Å². The smallest absolute Gasteiger partial charge is 0.0376 e. The number of pyridine rings is 1. The monoisotopic (exact) mass is 254 g/mol. The highest BCUT2D eigenvalue weighted by Crippen LogP contribution is 2.18. The maximum atomic E-state index is 4.22. The summed E-state index contributed by atoms with van der Waals surface area (Å²) in [5.74, 6) is 0. The van der Waals surface area contributed by atoms with Gasteiger partial charge in [0.05, 0.1) is 0 Å². The second-order valence-corrected chi connectivity index (χ2v) is 4.77. The molecule has 0 saturated carbocycles. The molecule has 1 N–H and O–H groups in total. The lowest BCUT2D eigenvalue weighted by Crippen LogP contribution is -2.23. The minimum absolute atomic E-state index is 0.339. The van der Waals surface area contributed by atoms with E-state index >= 15 is 0 Å². The minimum Gasteiger partial charge on any atom is -0.310 e. The van der Waals surface area contributed by atoms with Crippen molar-refractivity contribution >= 4 is 0 Å². The molecule has 0 aliphatic carbocycles. The summed E-state index contributed by atoms with van der Waals surface area (Å²) in [6, 6.07) is 13.4. The summed E-state index contributed by atoms with van der Waals surface area (Å²) in [6.07, 6.45) is 5.87. The lowest BCUT2D eigenvalue weighted by molar-refractivity contribution is 0.548. The van der Waals surface area contributed by atoms with Crippen LogP contribution in [0.5, 0.6) is 0 Å². The van der Waals surface area contributed by atoms with Gasteiger partial charge < -0.3 is 5.32 Å². The van der Waals surface area contributed by atoms with Crippen LogP contribution in [0.25, 0.3) is 0 Å². The Labute approximate surface area is 115 Å². The molecular formula is C17H22N2. The van der Waals surface area contributed by atoms with Crippen LogP contribution in [0, 0.1) is 0 Å². The van der Waals surface area contributed by atoms with Crippen molar-refractivity contribution in [2.75, 3.05) is 6.54 Å². The van der Waals surface area contributed by atoms with Crippen LogP contribution >= 0.6 is 0 Å². The van der Waals surface area contributed by atoms with Crippen LogP contribution in [0.1, 0.15) is 36.6 Å². The van der Waals surface area contributed by atoms with Crippen molar-refractivity contribution in [2.45, 2.75) is 32.7 Å². The van der Waals surface area contributed by atoms with Gasteiger partial charge in [0.2, 0.25) is 0 Å². The zero-order chi connectivity index (χ0) is 13.5. The lowest BCUT2D eigenvalue weighted by Gasteiger charge is -2.18. The van der Waals surface area contributed by atoms with Gasteiger partial charge in [-0.05, 0) is 42.1 Å². The number of hydrogen-bond acceptors (Lipinski definition) is 2. The standard InChI is InChI=1S/C17H22N2/c1-3-14-7-9-15(10-8-14)12-17(19-4-2)16-6-5-11-18-13-16/h5-11,13,17,19H,3-4,12H2,1-2H3. The summed E-state index contributed by atoms with van der Waals surface area (Å²) in [4.78, 5) is 4.22. The van der Waals surface area contributed by atoms with Crippen LogP contribution in [0.4, 0.5) is 0 Å². The van der Waals surface area contributed by atoms with Crippen LogP contribution in [0.15, 0.2) is 48.8 Å². The third kappa shape index (κ3) is 3.90. The molecule has 0 radical (unpaired) electrons. The van der Waals surface area contributed by atoms with Crippen LogP contribution in [0.2, 0.25) is 0 Å². The van der Waals surface area contributed by atoms with E-state index in [2.05, 4.69) is 54.5 Å². The van der Waals surface area contributed by atoms with Crippen molar-refractivity contribution in [3.63, 3.8) is 0 Å². The highest BCUT2D eigenvalue weighted by atomic mass is 14.9. The summed E-state index contributed by atoms with van der Waals surface area (Å²) in [7, 11) is 0. The Morgan fingerprint density at radius 1 is 1.05 bits per heavy atom. The normalized spacial score (nSPS) is 12.3. The van der Waals surface area contributed by atoms with Gasteiger partial charge in [0.1, 0.15) is 0 Å². The number of rotatable bonds is 6. The predicted molar refractivity (Wildman–Crippen MR) is 80.2 cm³/mol. The summed E-state index contributed by atoms with van der Waals surface area (Å²) in [5, 5.41) is 3.54. The van der Waals surface area contributed by atoms with Gasteiger partial charge in [0.15, 0.2) is 0 Å². The van der Waals surface area contributed by atoms with Gasteiger partial charge in [0.25, 0.3) is 0 Å². The number of hydrogen-bond donors (Lipinski definition) is 1. The zero-order valence-corrected chi connectivity index (χ0v) is 11.8. The van der Waals surface area contributed by atoms with Gasteiger partial charge in [-0.25, -0.2) is 0 Å². The van der Waals surface area contributed by atoms with E-state index in [0.717, 1.165) is 19.4 Å². The van der Waals surface area contributed by atoms with E-state index in [9.17, 15) is 0 Å². The Morgan fingerprint density at radius 3 is 2.37 bits per heavy atom. The Bertz CT molecular complexity index is 476. The molecule has 1 unspecified atom stereocenters. The van der Waals surface area contributed by atoms with Crippen LogP contribution in [-0.2, 0) is 12.8 Å². The number of aryl methyl sites for hydroxylation is 1. The zero-order valence-electron chi connectivity index (χ0n) is 11.8. The molecule has 0 amide bonds. The third-order valence-electron chi connectivity index (χ3n) is 3.41. The first-order chi connectivity index (χ1) is 9.33. The average molecular weight is 254 g/mol. The van der Waals surface area contributed by atoms with Crippen molar-refractivity contribution in [3.05, 3.63) is 65.5 Å². The molecule has 0 aliphatic heterocycles. The molecule has 1 heterocycles. The van der Waals surface area contributed by atoms with Crippen molar-refractivity contribution in [1.82, 2.24) is 10.3 Å². The van der Waals surface area contributed by atoms with E-state index < -0.39 is 0 Å². The van der Waals surface area contributed by atoms with Crippen LogP contribution in [0.3, 0.4) is 0 Å². The molecule has 100 valence electrons. The number of nitrogens with zero attached hydrogens (tertiary/aromatic N) is 1. The fraction of sp³-hybridized carbons (Fsp3) is 0.353. The maximum Gasteiger partial charge on any atom is 0.0376 e. The fourth-order valence-corrected chi connectivity index (χ4v) is 2.28. The summed E-state index contributed by atoms with van der Waals surface area (Å²) >= 11 is 0. The number of likely N-dealkylation sites (N-methyl/N-ethyl adjacent to an activating group) is 1. The molecule has 1 atom stereocenters. The fourth-order valence-electron chi connectivity index (χ4n) is 2.28. The molecular weight excluding hydrogens is 232 g/mol. The first-order valence-electron chi connectivity index (χ1n) is 7.04. The van der Waals surface area contributed by atoms with Crippen LogP contribution < -0.4 is 5.32 Å². The van der Waals surface area contributed by atoms with E-state index in [1.807, 2.05) is 18.5 Å². The van der Waals surface area contributed by atoms with Gasteiger partial charge in [-0.2, -0.15) is 0 Å². The molecule has 1 aromatic carbocycles. The summed E-state index contributed by atoms with van der Waals surface area (Å²) in [5.41, 5.74) is 4.01. The van der Waals surface area contributed by atoms with Crippen molar-refractivity contribution in [2.24, 2.45) is 0 Å². The van der Waals surface area contributed by atoms with E-state index in [4.69, 9.17) is 0 Å². The molecule has 19 heavy (non-hydrogen) atoms. The maximum absolute atomic E-state index is 4.22. The van der Waals surface area contributed by atoms with E-state index in [-0.39, 0.29) is 0 Å². The molecule has 2 nitrogen and oxygen atoms in total. The quantitative estimate of drug-likeness (QED) is 0.853. The number of nitrogens with one attached hydrogen (secondary N) is 1. The summed E-state index contributed by atoms with van der Waals surface area (Å²) < 4.78 is 0. The Hall–Kier alpha value is -1.67. The van der Waals surface area contributed by atoms with Gasteiger partial charge in [-0.15, -0.1) is 0 Å². The minimum atomic E-state index is 0.339. The molecule has 2 heteroatoms. The highest BCUT2D eigenvalue weighted by molar-refractivity contribution is 5.25. The van der Waals surface area contributed by atoms with Crippen molar-refractivity contribution < 1.29 is 0 Å². The van der Waals surface area contributed by atoms with E-state index in [1.165, 1.54) is 16.7 Å². The number of benzene rings is 1. The summed E-state index contributed by atoms with van der Waals surface area (Å²) in [6.45, 7) is 5.29. The topological polar surface area (TPSA) is 24.9 Å². The van der Waals surface area contributed by atoms with E-state index in [1.54, 1.807) is 0 Å². The molecule has 2 rings (SSSR count). The Morgan fingerprint density at radius 2 is 1.79 bits per heavy atom. The second-order valence-electron chi connectivity index (χ2n) is 4.77. The lowest BCUT2D eigenvalue weighted by atomic mass is 9.99. The largest absolute Gasteiger partial charge is 0.310 e. The number of aromatic nitrogens is 1. The molecule has 0 fully saturated rings. The Kier molecular flexibility index (Phi) is 5.10. The molecule has 0 saturated heterocycles. The van der Waals surface area contributed by atoms with Gasteiger partial charge in [0, 0.05) is 18.4 Å². The molecule has 2 aromatic rings. The molecule has 0 bridgehead atoms. The van der Waals surface area contributed by atoms with Gasteiger partial charge >= 0.3 is 0 Å². The predicted octanol–water partition coefficient (Wildman–Crippen LogP) is 3.54. The molecule has 0 aliphatic rings.